The van der Waals surface area contributed by atoms with Gasteiger partial charge >= 0.3 is 0 Å². The molecule has 0 radical (unpaired) electrons. The van der Waals surface area contributed by atoms with E-state index in [1.54, 1.807) is 0 Å². The average molecular weight is 341 g/mol. The van der Waals surface area contributed by atoms with Crippen molar-refractivity contribution < 1.29 is 9.84 Å². The van der Waals surface area contributed by atoms with Crippen LogP contribution in [0.15, 0.2) is 60.7 Å². The first-order valence-corrected chi connectivity index (χ1v) is 9.41. The molecule has 0 aliphatic carbocycles. The van der Waals surface area contributed by atoms with Crippen molar-refractivity contribution in [2.45, 2.75) is 38.2 Å². The lowest BCUT2D eigenvalue weighted by atomic mass is 10.1. The average Bonchev–Trinajstić information content (AvgIpc) is 2.67. The second-order valence-corrected chi connectivity index (χ2v) is 6.39. The number of unbranched alkanes of at least 4 members (excludes halogenated alkanes) is 3. The normalized spacial score (nSPS) is 12.2. The third-order valence-corrected chi connectivity index (χ3v) is 4.29. The summed E-state index contributed by atoms with van der Waals surface area (Å²) in [7, 11) is 0. The summed E-state index contributed by atoms with van der Waals surface area (Å²) in [5.41, 5.74) is 2.31. The molecule has 0 spiro atoms. The number of hydrogen-bond donors (Lipinski definition) is 2. The molecule has 0 saturated carbocycles. The molecule has 2 N–H and O–H groups in total. The minimum Gasteiger partial charge on any atom is -0.387 e. The van der Waals surface area contributed by atoms with Crippen molar-refractivity contribution in [3.05, 3.63) is 71.8 Å². The molecule has 0 unspecified atom stereocenters. The second-order valence-electron chi connectivity index (χ2n) is 6.39. The van der Waals surface area contributed by atoms with E-state index < -0.39 is 6.10 Å². The predicted octanol–water partition coefficient (Wildman–Crippen LogP) is 4.13. The molecule has 3 nitrogen and oxygen atoms in total. The monoisotopic (exact) mass is 341 g/mol. The maximum atomic E-state index is 10.0. The zero-order valence-electron chi connectivity index (χ0n) is 15.1. The van der Waals surface area contributed by atoms with Crippen molar-refractivity contribution in [1.29, 1.82) is 0 Å². The molecule has 0 aliphatic rings. The van der Waals surface area contributed by atoms with Gasteiger partial charge in [-0.3, -0.25) is 0 Å². The Labute approximate surface area is 152 Å². The Kier molecular flexibility index (Phi) is 9.94. The maximum Gasteiger partial charge on any atom is 0.0914 e. The molecule has 0 bridgehead atoms. The molecule has 2 aromatic carbocycles. The molecule has 3 heteroatoms. The summed E-state index contributed by atoms with van der Waals surface area (Å²) in [5, 5.41) is 13.4. The lowest BCUT2D eigenvalue weighted by Gasteiger charge is -2.12. The number of hydrogen-bond acceptors (Lipinski definition) is 3. The van der Waals surface area contributed by atoms with E-state index in [9.17, 15) is 5.11 Å². The molecule has 0 amide bonds. The third kappa shape index (κ3) is 8.82. The highest BCUT2D eigenvalue weighted by molar-refractivity contribution is 5.17. The molecule has 0 aliphatic heterocycles. The summed E-state index contributed by atoms with van der Waals surface area (Å²) in [6, 6.07) is 20.3. The van der Waals surface area contributed by atoms with E-state index in [4.69, 9.17) is 4.74 Å². The third-order valence-electron chi connectivity index (χ3n) is 4.29. The molecule has 136 valence electrons. The van der Waals surface area contributed by atoms with Crippen LogP contribution in [0.2, 0.25) is 0 Å². The van der Waals surface area contributed by atoms with Gasteiger partial charge in [0.2, 0.25) is 0 Å². The molecule has 2 aromatic rings. The molecule has 1 atom stereocenters. The number of aliphatic hydroxyl groups is 1. The summed E-state index contributed by atoms with van der Waals surface area (Å²) >= 11 is 0. The number of rotatable bonds is 13. The maximum absolute atomic E-state index is 10.0. The standard InChI is InChI=1S/C22H31NO2/c24-22(21-13-7-4-8-14-21)19-23-16-9-1-2-10-17-25-18-15-20-11-5-3-6-12-20/h3-8,11-14,22-24H,1-2,9-10,15-19H2/t22-/m1/s1. The first-order chi connectivity index (χ1) is 12.4. The minimum absolute atomic E-state index is 0.417. The Morgan fingerprint density at radius 2 is 1.48 bits per heavy atom. The molecule has 2 rings (SSSR count). The van der Waals surface area contributed by atoms with Crippen molar-refractivity contribution in [1.82, 2.24) is 5.32 Å². The lowest BCUT2D eigenvalue weighted by molar-refractivity contribution is 0.133. The van der Waals surface area contributed by atoms with E-state index in [0.29, 0.717) is 6.54 Å². The van der Waals surface area contributed by atoms with Crippen molar-refractivity contribution in [2.24, 2.45) is 0 Å². The fourth-order valence-electron chi connectivity index (χ4n) is 2.78. The first kappa shape index (κ1) is 19.6. The zero-order chi connectivity index (χ0) is 17.6. The van der Waals surface area contributed by atoms with E-state index >= 15 is 0 Å². The Balaban J connectivity index is 1.36. The minimum atomic E-state index is -0.417. The zero-order valence-corrected chi connectivity index (χ0v) is 15.1. The van der Waals surface area contributed by atoms with Crippen molar-refractivity contribution in [3.8, 4) is 0 Å². The van der Waals surface area contributed by atoms with Crippen LogP contribution in [0.3, 0.4) is 0 Å². The van der Waals surface area contributed by atoms with Gasteiger partial charge in [-0.05, 0) is 36.9 Å². The van der Waals surface area contributed by atoms with Gasteiger partial charge in [0.15, 0.2) is 0 Å². The van der Waals surface area contributed by atoms with Crippen LogP contribution >= 0.6 is 0 Å². The van der Waals surface area contributed by atoms with Crippen LogP contribution < -0.4 is 5.32 Å². The topological polar surface area (TPSA) is 41.5 Å². The molecular weight excluding hydrogens is 310 g/mol. The lowest BCUT2D eigenvalue weighted by Crippen LogP contribution is -2.22. The molecule has 0 fully saturated rings. The number of benzene rings is 2. The highest BCUT2D eigenvalue weighted by Gasteiger charge is 2.05. The Bertz CT molecular complexity index is 544. The van der Waals surface area contributed by atoms with E-state index in [-0.39, 0.29) is 0 Å². The van der Waals surface area contributed by atoms with Crippen LogP contribution in [-0.2, 0) is 11.2 Å². The van der Waals surface area contributed by atoms with Crippen molar-refractivity contribution in [2.75, 3.05) is 26.3 Å². The molecule has 25 heavy (non-hydrogen) atoms. The van der Waals surface area contributed by atoms with Gasteiger partial charge in [-0.25, -0.2) is 0 Å². The highest BCUT2D eigenvalue weighted by Crippen LogP contribution is 2.10. The van der Waals surface area contributed by atoms with Gasteiger partial charge in [-0.1, -0.05) is 73.5 Å². The second kappa shape index (κ2) is 12.6. The summed E-state index contributed by atoms with van der Waals surface area (Å²) in [6.45, 7) is 3.24. The summed E-state index contributed by atoms with van der Waals surface area (Å²) in [4.78, 5) is 0. The number of ether oxygens (including phenoxy) is 1. The fourth-order valence-corrected chi connectivity index (χ4v) is 2.78. The summed E-state index contributed by atoms with van der Waals surface area (Å²) < 4.78 is 5.70. The van der Waals surface area contributed by atoms with Crippen LogP contribution in [0.5, 0.6) is 0 Å². The van der Waals surface area contributed by atoms with E-state index in [1.807, 2.05) is 36.4 Å². The van der Waals surface area contributed by atoms with Gasteiger partial charge in [0, 0.05) is 13.2 Å². The Hall–Kier alpha value is -1.68. The quantitative estimate of drug-likeness (QED) is 0.538. The van der Waals surface area contributed by atoms with Gasteiger partial charge in [0.25, 0.3) is 0 Å². The molecular formula is C22H31NO2. The highest BCUT2D eigenvalue weighted by atomic mass is 16.5. The van der Waals surface area contributed by atoms with Crippen LogP contribution in [-0.4, -0.2) is 31.4 Å². The number of aliphatic hydroxyl groups excluding tert-OH is 1. The fraction of sp³-hybridized carbons (Fsp3) is 0.455. The predicted molar refractivity (Wildman–Crippen MR) is 104 cm³/mol. The summed E-state index contributed by atoms with van der Waals surface area (Å²) in [6.07, 6.45) is 5.26. The smallest absolute Gasteiger partial charge is 0.0914 e. The van der Waals surface area contributed by atoms with Crippen LogP contribution in [0.1, 0.15) is 42.9 Å². The van der Waals surface area contributed by atoms with Gasteiger partial charge in [-0.2, -0.15) is 0 Å². The van der Waals surface area contributed by atoms with Crippen molar-refractivity contribution in [3.63, 3.8) is 0 Å². The molecule has 0 aromatic heterocycles. The number of nitrogens with one attached hydrogen (secondary N) is 1. The largest absolute Gasteiger partial charge is 0.387 e. The van der Waals surface area contributed by atoms with Crippen molar-refractivity contribution >= 4 is 0 Å². The van der Waals surface area contributed by atoms with Gasteiger partial charge in [0.1, 0.15) is 0 Å². The van der Waals surface area contributed by atoms with E-state index in [2.05, 4.69) is 29.6 Å². The van der Waals surface area contributed by atoms with E-state index in [1.165, 1.54) is 18.4 Å². The Morgan fingerprint density at radius 1 is 0.800 bits per heavy atom. The van der Waals surface area contributed by atoms with Crippen LogP contribution in [0, 0.1) is 0 Å². The van der Waals surface area contributed by atoms with Gasteiger partial charge in [-0.15, -0.1) is 0 Å². The van der Waals surface area contributed by atoms with Crippen LogP contribution in [0.4, 0.5) is 0 Å². The summed E-state index contributed by atoms with van der Waals surface area (Å²) in [5.74, 6) is 0. The van der Waals surface area contributed by atoms with E-state index in [0.717, 1.165) is 44.6 Å². The van der Waals surface area contributed by atoms with Gasteiger partial charge in [0.05, 0.1) is 12.7 Å². The Morgan fingerprint density at radius 3 is 2.24 bits per heavy atom. The molecule has 0 saturated heterocycles. The van der Waals surface area contributed by atoms with Gasteiger partial charge < -0.3 is 15.2 Å². The van der Waals surface area contributed by atoms with Crippen LogP contribution in [0.25, 0.3) is 0 Å². The SMILES string of the molecule is O[C@H](CNCCCCCCOCCc1ccccc1)c1ccccc1. The first-order valence-electron chi connectivity index (χ1n) is 9.41. The molecule has 0 heterocycles.